The van der Waals surface area contributed by atoms with Crippen LogP contribution in [0.3, 0.4) is 0 Å². The zero-order valence-electron chi connectivity index (χ0n) is 19.8. The van der Waals surface area contributed by atoms with Crippen LogP contribution in [0.25, 0.3) is 0 Å². The van der Waals surface area contributed by atoms with Gasteiger partial charge in [0.1, 0.15) is 0 Å². The van der Waals surface area contributed by atoms with Crippen LogP contribution in [-0.4, -0.2) is 77.0 Å². The van der Waals surface area contributed by atoms with Crippen LogP contribution < -0.4 is 9.47 Å². The molecule has 0 radical (unpaired) electrons. The first-order valence-electron chi connectivity index (χ1n) is 10.9. The molecule has 1 saturated heterocycles. The van der Waals surface area contributed by atoms with Gasteiger partial charge in [0.05, 0.1) is 6.10 Å². The number of hydrogen-bond donors (Lipinski definition) is 2. The van der Waals surface area contributed by atoms with Crippen molar-refractivity contribution in [3.8, 4) is 11.5 Å². The maximum atomic E-state index is 10.6. The smallest absolute Gasteiger partial charge is 0.475 e. The topological polar surface area (TPSA) is 118 Å². The summed E-state index contributed by atoms with van der Waals surface area (Å²) < 4.78 is 80.1. The van der Waals surface area contributed by atoms with E-state index in [9.17, 15) is 26.3 Å². The Balaban J connectivity index is 0.000000301. The SMILES string of the molecule is CO[C@@H]1CCN(Cc2ccc3c(c2)OCO3)[C@H]1Cc1cccnc1.O=C(O)C(F)(F)F.O=C(O)C(F)(F)F. The van der Waals surface area contributed by atoms with Crippen molar-refractivity contribution in [3.05, 3.63) is 53.9 Å². The second kappa shape index (κ2) is 13.3. The van der Waals surface area contributed by atoms with E-state index in [4.69, 9.17) is 34.0 Å². The molecule has 3 heterocycles. The Bertz CT molecular complexity index is 1040. The van der Waals surface area contributed by atoms with Gasteiger partial charge in [-0.3, -0.25) is 9.88 Å². The Morgan fingerprint density at radius 1 is 1.03 bits per heavy atom. The summed E-state index contributed by atoms with van der Waals surface area (Å²) in [6, 6.07) is 10.7. The number of nitrogens with zero attached hydrogens (tertiary/aromatic N) is 2. The van der Waals surface area contributed by atoms with E-state index in [1.165, 1.54) is 11.1 Å². The molecule has 4 rings (SSSR count). The van der Waals surface area contributed by atoms with Crippen LogP contribution >= 0.6 is 0 Å². The monoisotopic (exact) mass is 554 g/mol. The molecule has 0 aliphatic carbocycles. The Morgan fingerprint density at radius 2 is 1.63 bits per heavy atom. The Kier molecular flexibility index (Phi) is 10.7. The minimum atomic E-state index is -5.08. The van der Waals surface area contributed by atoms with Crippen molar-refractivity contribution < 1.29 is 60.4 Å². The van der Waals surface area contributed by atoms with Gasteiger partial charge >= 0.3 is 24.3 Å². The number of carboxylic acids is 2. The van der Waals surface area contributed by atoms with Crippen molar-refractivity contribution in [2.75, 3.05) is 20.4 Å². The molecule has 15 heteroatoms. The highest BCUT2D eigenvalue weighted by molar-refractivity contribution is 5.73. The summed E-state index contributed by atoms with van der Waals surface area (Å²) in [5.74, 6) is -3.83. The van der Waals surface area contributed by atoms with Crippen molar-refractivity contribution in [3.63, 3.8) is 0 Å². The number of likely N-dealkylation sites (tertiary alicyclic amines) is 1. The fourth-order valence-electron chi connectivity index (χ4n) is 3.65. The Labute approximate surface area is 212 Å². The number of halogens is 6. The molecule has 1 aromatic carbocycles. The highest BCUT2D eigenvalue weighted by Crippen LogP contribution is 2.34. The fourth-order valence-corrected chi connectivity index (χ4v) is 3.65. The number of aromatic nitrogens is 1. The van der Waals surface area contributed by atoms with Crippen molar-refractivity contribution in [2.45, 2.75) is 43.9 Å². The van der Waals surface area contributed by atoms with Gasteiger partial charge in [-0.05, 0) is 42.2 Å². The summed E-state index contributed by atoms with van der Waals surface area (Å²) in [6.07, 6.45) is -4.12. The van der Waals surface area contributed by atoms with Crippen LogP contribution in [0.1, 0.15) is 17.5 Å². The quantitative estimate of drug-likeness (QED) is 0.531. The van der Waals surface area contributed by atoms with E-state index in [1.807, 2.05) is 31.6 Å². The van der Waals surface area contributed by atoms with Crippen molar-refractivity contribution in [1.29, 1.82) is 0 Å². The number of fused-ring (bicyclic) bond motifs is 1. The second-order valence-corrected chi connectivity index (χ2v) is 7.96. The largest absolute Gasteiger partial charge is 0.490 e. The minimum Gasteiger partial charge on any atom is -0.475 e. The number of alkyl halides is 6. The molecule has 2 atom stereocenters. The van der Waals surface area contributed by atoms with Gasteiger partial charge in [-0.15, -0.1) is 0 Å². The van der Waals surface area contributed by atoms with E-state index in [-0.39, 0.29) is 6.10 Å². The van der Waals surface area contributed by atoms with Crippen LogP contribution in [0.5, 0.6) is 11.5 Å². The number of carbonyl (C=O) groups is 2. The van der Waals surface area contributed by atoms with E-state index < -0.39 is 24.3 Å². The van der Waals surface area contributed by atoms with Gasteiger partial charge in [0.25, 0.3) is 0 Å². The van der Waals surface area contributed by atoms with E-state index >= 15 is 0 Å². The molecule has 0 amide bonds. The number of ether oxygens (including phenoxy) is 3. The zero-order valence-corrected chi connectivity index (χ0v) is 19.8. The lowest BCUT2D eigenvalue weighted by molar-refractivity contribution is -0.193. The standard InChI is InChI=1S/C19H22N2O3.2C2HF3O2/c1-22-17-6-8-21(16(17)9-14-3-2-7-20-11-14)12-15-4-5-18-19(10-15)24-13-23-18;2*3-2(4,5)1(6)7/h2-5,7,10-11,16-17H,6,8-9,12-13H2,1H3;2*(H,6,7)/t16-,17+;;/m0../s1. The van der Waals surface area contributed by atoms with Gasteiger partial charge in [0, 0.05) is 38.6 Å². The number of pyridine rings is 1. The number of rotatable bonds is 5. The molecule has 0 saturated carbocycles. The molecular weight excluding hydrogens is 530 g/mol. The molecule has 2 N–H and O–H groups in total. The van der Waals surface area contributed by atoms with Crippen LogP contribution in [0.4, 0.5) is 26.3 Å². The third-order valence-corrected chi connectivity index (χ3v) is 5.38. The van der Waals surface area contributed by atoms with Gasteiger partial charge in [-0.1, -0.05) is 12.1 Å². The Hall–Kier alpha value is -3.59. The molecule has 9 nitrogen and oxygen atoms in total. The first kappa shape index (κ1) is 30.6. The molecule has 0 unspecified atom stereocenters. The number of carboxylic acid groups (broad SMARTS) is 2. The summed E-state index contributed by atoms with van der Waals surface area (Å²) >= 11 is 0. The van der Waals surface area contributed by atoms with E-state index in [0.717, 1.165) is 37.4 Å². The maximum absolute atomic E-state index is 10.6. The van der Waals surface area contributed by atoms with Gasteiger partial charge < -0.3 is 24.4 Å². The van der Waals surface area contributed by atoms with Gasteiger partial charge in [0.15, 0.2) is 11.5 Å². The molecule has 210 valence electrons. The molecule has 2 aromatic rings. The van der Waals surface area contributed by atoms with Gasteiger partial charge in [0.2, 0.25) is 6.79 Å². The fraction of sp³-hybridized carbons (Fsp3) is 0.435. The van der Waals surface area contributed by atoms with Crippen LogP contribution in [0.15, 0.2) is 42.7 Å². The van der Waals surface area contributed by atoms with E-state index in [2.05, 4.69) is 28.1 Å². The number of methoxy groups -OCH3 is 1. The number of benzene rings is 1. The van der Waals surface area contributed by atoms with Crippen molar-refractivity contribution in [1.82, 2.24) is 9.88 Å². The van der Waals surface area contributed by atoms with Crippen molar-refractivity contribution >= 4 is 11.9 Å². The molecule has 1 fully saturated rings. The predicted octanol–water partition coefficient (Wildman–Crippen LogP) is 3.91. The van der Waals surface area contributed by atoms with E-state index in [1.54, 1.807) is 0 Å². The lowest BCUT2D eigenvalue weighted by atomic mass is 10.0. The molecule has 1 aromatic heterocycles. The summed E-state index contributed by atoms with van der Waals surface area (Å²) in [4.78, 5) is 24.5. The zero-order chi connectivity index (χ0) is 28.5. The number of aliphatic carboxylic acids is 2. The summed E-state index contributed by atoms with van der Waals surface area (Å²) in [7, 11) is 1.81. The van der Waals surface area contributed by atoms with Gasteiger partial charge in [-0.25, -0.2) is 9.59 Å². The lowest BCUT2D eigenvalue weighted by Gasteiger charge is -2.27. The predicted molar refractivity (Wildman–Crippen MR) is 117 cm³/mol. The Morgan fingerprint density at radius 3 is 2.16 bits per heavy atom. The summed E-state index contributed by atoms with van der Waals surface area (Å²) in [6.45, 7) is 2.25. The molecule has 38 heavy (non-hydrogen) atoms. The third kappa shape index (κ3) is 9.37. The van der Waals surface area contributed by atoms with E-state index in [0.29, 0.717) is 12.8 Å². The summed E-state index contributed by atoms with van der Waals surface area (Å²) in [5, 5.41) is 14.2. The first-order chi connectivity index (χ1) is 17.7. The lowest BCUT2D eigenvalue weighted by Crippen LogP contribution is -2.37. The van der Waals surface area contributed by atoms with Crippen LogP contribution in [0, 0.1) is 0 Å². The first-order valence-corrected chi connectivity index (χ1v) is 10.9. The molecule has 0 bridgehead atoms. The van der Waals surface area contributed by atoms with Gasteiger partial charge in [-0.2, -0.15) is 26.3 Å². The third-order valence-electron chi connectivity index (χ3n) is 5.38. The minimum absolute atomic E-state index is 0.263. The molecular formula is C23H24F6N2O7. The molecule has 0 spiro atoms. The maximum Gasteiger partial charge on any atom is 0.490 e. The summed E-state index contributed by atoms with van der Waals surface area (Å²) in [5.41, 5.74) is 2.49. The number of hydrogen-bond acceptors (Lipinski definition) is 7. The molecule has 2 aliphatic heterocycles. The second-order valence-electron chi connectivity index (χ2n) is 7.96. The average molecular weight is 554 g/mol. The van der Waals surface area contributed by atoms with Crippen LogP contribution in [-0.2, 0) is 27.3 Å². The average Bonchev–Trinajstić information content (AvgIpc) is 3.46. The van der Waals surface area contributed by atoms with Crippen LogP contribution in [0.2, 0.25) is 0 Å². The normalized spacial score (nSPS) is 18.6. The molecule has 2 aliphatic rings. The highest BCUT2D eigenvalue weighted by atomic mass is 19.4. The highest BCUT2D eigenvalue weighted by Gasteiger charge is 2.39. The van der Waals surface area contributed by atoms with Crippen molar-refractivity contribution in [2.24, 2.45) is 0 Å².